The quantitative estimate of drug-likeness (QED) is 0.765. The monoisotopic (exact) mass is 216 g/mol. The lowest BCUT2D eigenvalue weighted by Gasteiger charge is -2.08. The van der Waals surface area contributed by atoms with Crippen LogP contribution in [0.15, 0.2) is 24.4 Å². The molecule has 2 nitrogen and oxygen atoms in total. The van der Waals surface area contributed by atoms with Gasteiger partial charge in [0.15, 0.2) is 0 Å². The number of likely N-dealkylation sites (N-methyl/N-ethyl adjacent to an activating group) is 1. The van der Waals surface area contributed by atoms with Crippen LogP contribution in [0.1, 0.15) is 11.1 Å². The second-order valence-corrected chi connectivity index (χ2v) is 4.79. The zero-order valence-electron chi connectivity index (χ0n) is 10.6. The van der Waals surface area contributed by atoms with Crippen molar-refractivity contribution in [3.63, 3.8) is 0 Å². The molecule has 0 aliphatic carbocycles. The molecule has 0 atom stereocenters. The first kappa shape index (κ1) is 11.2. The van der Waals surface area contributed by atoms with E-state index in [9.17, 15) is 0 Å². The maximum absolute atomic E-state index is 2.27. The van der Waals surface area contributed by atoms with Crippen molar-refractivity contribution in [2.24, 2.45) is 7.05 Å². The van der Waals surface area contributed by atoms with E-state index in [0.717, 1.165) is 13.0 Å². The highest BCUT2D eigenvalue weighted by atomic mass is 15.0. The van der Waals surface area contributed by atoms with Crippen molar-refractivity contribution < 1.29 is 0 Å². The Kier molecular flexibility index (Phi) is 3.01. The molecule has 0 spiro atoms. The summed E-state index contributed by atoms with van der Waals surface area (Å²) in [6, 6.07) is 6.52. The first-order valence-electron chi connectivity index (χ1n) is 5.78. The standard InChI is InChI=1S/C14H20N2/c1-11-6-5-7-13-14(11)12(10-16(13)4)8-9-15(2)3/h5-7,10H,8-9H2,1-4H3. The normalized spacial score (nSPS) is 11.6. The summed E-state index contributed by atoms with van der Waals surface area (Å²) < 4.78 is 2.23. The molecule has 0 radical (unpaired) electrons. The van der Waals surface area contributed by atoms with Gasteiger partial charge in [0.1, 0.15) is 0 Å². The molecule has 0 bridgehead atoms. The molecule has 86 valence electrons. The number of benzene rings is 1. The van der Waals surface area contributed by atoms with E-state index in [2.05, 4.69) is 61.9 Å². The van der Waals surface area contributed by atoms with Crippen molar-refractivity contribution in [2.75, 3.05) is 20.6 Å². The van der Waals surface area contributed by atoms with E-state index in [1.807, 2.05) is 0 Å². The molecule has 0 N–H and O–H groups in total. The second-order valence-electron chi connectivity index (χ2n) is 4.79. The third-order valence-electron chi connectivity index (χ3n) is 3.13. The molecular weight excluding hydrogens is 196 g/mol. The topological polar surface area (TPSA) is 8.17 Å². The Morgan fingerprint density at radius 1 is 1.25 bits per heavy atom. The zero-order chi connectivity index (χ0) is 11.7. The maximum atomic E-state index is 2.27. The average Bonchev–Trinajstić information content (AvgIpc) is 2.55. The Morgan fingerprint density at radius 3 is 2.69 bits per heavy atom. The fraction of sp³-hybridized carbons (Fsp3) is 0.429. The van der Waals surface area contributed by atoms with Crippen LogP contribution in [0.25, 0.3) is 10.9 Å². The van der Waals surface area contributed by atoms with E-state index < -0.39 is 0 Å². The summed E-state index contributed by atoms with van der Waals surface area (Å²) in [5.41, 5.74) is 4.19. The van der Waals surface area contributed by atoms with Crippen LogP contribution in [-0.4, -0.2) is 30.1 Å². The summed E-state index contributed by atoms with van der Waals surface area (Å²) in [5, 5.41) is 1.44. The van der Waals surface area contributed by atoms with Gasteiger partial charge in [-0.1, -0.05) is 12.1 Å². The minimum absolute atomic E-state index is 1.10. The molecule has 2 heteroatoms. The van der Waals surface area contributed by atoms with Gasteiger partial charge in [0, 0.05) is 30.7 Å². The molecule has 0 aliphatic heterocycles. The van der Waals surface area contributed by atoms with Crippen LogP contribution < -0.4 is 0 Å². The molecule has 1 heterocycles. The number of nitrogens with zero attached hydrogens (tertiary/aromatic N) is 2. The molecule has 1 aromatic heterocycles. The lowest BCUT2D eigenvalue weighted by atomic mass is 10.1. The first-order valence-corrected chi connectivity index (χ1v) is 5.78. The van der Waals surface area contributed by atoms with Gasteiger partial charge in [-0.2, -0.15) is 0 Å². The summed E-state index contributed by atoms with van der Waals surface area (Å²) in [5.74, 6) is 0. The maximum Gasteiger partial charge on any atom is 0.0483 e. The van der Waals surface area contributed by atoms with Crippen LogP contribution in [0, 0.1) is 6.92 Å². The molecule has 2 rings (SSSR count). The van der Waals surface area contributed by atoms with Gasteiger partial charge in [0.05, 0.1) is 0 Å². The van der Waals surface area contributed by atoms with E-state index >= 15 is 0 Å². The van der Waals surface area contributed by atoms with Crippen LogP contribution in [0.2, 0.25) is 0 Å². The van der Waals surface area contributed by atoms with Gasteiger partial charge in [-0.25, -0.2) is 0 Å². The van der Waals surface area contributed by atoms with Crippen LogP contribution >= 0.6 is 0 Å². The van der Waals surface area contributed by atoms with Crippen molar-refractivity contribution in [3.8, 4) is 0 Å². The SMILES string of the molecule is Cc1cccc2c1c(CCN(C)C)cn2C. The molecule has 0 amide bonds. The molecule has 1 aromatic carbocycles. The van der Waals surface area contributed by atoms with Gasteiger partial charge in [-0.3, -0.25) is 0 Å². The highest BCUT2D eigenvalue weighted by molar-refractivity contribution is 5.87. The molecule has 2 aromatic rings. The fourth-order valence-electron chi connectivity index (χ4n) is 2.27. The van der Waals surface area contributed by atoms with Gasteiger partial charge < -0.3 is 9.47 Å². The van der Waals surface area contributed by atoms with Crippen molar-refractivity contribution in [2.45, 2.75) is 13.3 Å². The van der Waals surface area contributed by atoms with Crippen LogP contribution in [-0.2, 0) is 13.5 Å². The first-order chi connectivity index (χ1) is 7.59. The van der Waals surface area contributed by atoms with Gasteiger partial charge in [-0.15, -0.1) is 0 Å². The molecule has 16 heavy (non-hydrogen) atoms. The molecule has 0 saturated carbocycles. The Labute approximate surface area is 97.5 Å². The van der Waals surface area contributed by atoms with Crippen molar-refractivity contribution in [1.82, 2.24) is 9.47 Å². The molecule has 0 aliphatic rings. The number of fused-ring (bicyclic) bond motifs is 1. The molecule has 0 unspecified atom stereocenters. The van der Waals surface area contributed by atoms with Crippen molar-refractivity contribution in [3.05, 3.63) is 35.5 Å². The lowest BCUT2D eigenvalue weighted by Crippen LogP contribution is -2.14. The van der Waals surface area contributed by atoms with Gasteiger partial charge in [0.25, 0.3) is 0 Å². The largest absolute Gasteiger partial charge is 0.350 e. The van der Waals surface area contributed by atoms with E-state index in [-0.39, 0.29) is 0 Å². The Hall–Kier alpha value is -1.28. The Bertz CT molecular complexity index is 495. The Balaban J connectivity index is 2.45. The third-order valence-corrected chi connectivity index (χ3v) is 3.13. The summed E-state index contributed by atoms with van der Waals surface area (Å²) >= 11 is 0. The summed E-state index contributed by atoms with van der Waals surface area (Å²) in [6.07, 6.45) is 3.39. The number of aromatic nitrogens is 1. The van der Waals surface area contributed by atoms with E-state index in [0.29, 0.717) is 0 Å². The summed E-state index contributed by atoms with van der Waals surface area (Å²) in [7, 11) is 6.37. The third kappa shape index (κ3) is 1.98. The van der Waals surface area contributed by atoms with Gasteiger partial charge >= 0.3 is 0 Å². The molecule has 0 fully saturated rings. The second kappa shape index (κ2) is 4.30. The van der Waals surface area contributed by atoms with Crippen LogP contribution in [0.5, 0.6) is 0 Å². The van der Waals surface area contributed by atoms with E-state index in [1.54, 1.807) is 0 Å². The number of aryl methyl sites for hydroxylation is 2. The number of hydrogen-bond donors (Lipinski definition) is 0. The number of hydrogen-bond acceptors (Lipinski definition) is 1. The zero-order valence-corrected chi connectivity index (χ0v) is 10.6. The minimum Gasteiger partial charge on any atom is -0.350 e. The highest BCUT2D eigenvalue weighted by Gasteiger charge is 2.08. The van der Waals surface area contributed by atoms with Gasteiger partial charge in [-0.05, 0) is 44.6 Å². The highest BCUT2D eigenvalue weighted by Crippen LogP contribution is 2.24. The predicted molar refractivity (Wildman–Crippen MR) is 69.9 cm³/mol. The minimum atomic E-state index is 1.10. The smallest absolute Gasteiger partial charge is 0.0483 e. The fourth-order valence-corrected chi connectivity index (χ4v) is 2.27. The lowest BCUT2D eigenvalue weighted by molar-refractivity contribution is 0.414. The summed E-state index contributed by atoms with van der Waals surface area (Å²) in [6.45, 7) is 3.30. The van der Waals surface area contributed by atoms with Gasteiger partial charge in [0.2, 0.25) is 0 Å². The van der Waals surface area contributed by atoms with E-state index in [4.69, 9.17) is 0 Å². The van der Waals surface area contributed by atoms with Crippen LogP contribution in [0.4, 0.5) is 0 Å². The average molecular weight is 216 g/mol. The predicted octanol–water partition coefficient (Wildman–Crippen LogP) is 2.59. The number of rotatable bonds is 3. The molecule has 0 saturated heterocycles. The molecular formula is C14H20N2. The van der Waals surface area contributed by atoms with E-state index in [1.165, 1.54) is 22.0 Å². The van der Waals surface area contributed by atoms with Crippen LogP contribution in [0.3, 0.4) is 0 Å². The Morgan fingerprint density at radius 2 is 2.00 bits per heavy atom. The van der Waals surface area contributed by atoms with Crippen molar-refractivity contribution in [1.29, 1.82) is 0 Å². The summed E-state index contributed by atoms with van der Waals surface area (Å²) in [4.78, 5) is 2.23. The van der Waals surface area contributed by atoms with Crippen molar-refractivity contribution >= 4 is 10.9 Å².